The summed E-state index contributed by atoms with van der Waals surface area (Å²) in [6.45, 7) is 1.46. The Morgan fingerprint density at radius 3 is 2.32 bits per heavy atom. The zero-order chi connectivity index (χ0) is 21.8. The standard InChI is InChI=1S/C22H17FN4O2S2/c1-13(28)24-17-8-4-14(5-9-17)19-12-31-22(26-19)27-20(29)10-18-11-30-21(25-18)15-2-6-16(23)7-3-15/h2-9,11-12H,10H2,1H3,(H,24,28)(H,26,27,29). The normalized spacial score (nSPS) is 10.6. The van der Waals surface area contributed by atoms with E-state index in [1.54, 1.807) is 24.3 Å². The Bertz CT molecular complexity index is 1220. The molecule has 0 radical (unpaired) electrons. The van der Waals surface area contributed by atoms with E-state index in [2.05, 4.69) is 20.6 Å². The second kappa shape index (κ2) is 9.15. The molecule has 2 aromatic heterocycles. The van der Waals surface area contributed by atoms with Crippen LogP contribution in [0.2, 0.25) is 0 Å². The van der Waals surface area contributed by atoms with E-state index in [-0.39, 0.29) is 24.1 Å². The predicted molar refractivity (Wildman–Crippen MR) is 122 cm³/mol. The van der Waals surface area contributed by atoms with Crippen molar-refractivity contribution in [2.24, 2.45) is 0 Å². The Kier molecular flexibility index (Phi) is 6.15. The second-order valence-corrected chi connectivity index (χ2v) is 8.39. The summed E-state index contributed by atoms with van der Waals surface area (Å²) >= 11 is 2.75. The lowest BCUT2D eigenvalue weighted by molar-refractivity contribution is -0.116. The van der Waals surface area contributed by atoms with Crippen molar-refractivity contribution in [1.29, 1.82) is 0 Å². The minimum absolute atomic E-state index is 0.123. The highest BCUT2D eigenvalue weighted by Gasteiger charge is 2.12. The number of hydrogen-bond acceptors (Lipinski definition) is 6. The third-order valence-corrected chi connectivity index (χ3v) is 5.93. The average Bonchev–Trinajstić information content (AvgIpc) is 3.38. The molecule has 6 nitrogen and oxygen atoms in total. The lowest BCUT2D eigenvalue weighted by Crippen LogP contribution is -2.14. The number of carbonyl (C=O) groups is 2. The molecule has 0 aliphatic rings. The van der Waals surface area contributed by atoms with Crippen molar-refractivity contribution in [2.45, 2.75) is 13.3 Å². The highest BCUT2D eigenvalue weighted by Crippen LogP contribution is 2.27. The van der Waals surface area contributed by atoms with Crippen LogP contribution in [0, 0.1) is 5.82 Å². The van der Waals surface area contributed by atoms with Crippen LogP contribution in [0.15, 0.2) is 59.3 Å². The maximum atomic E-state index is 13.1. The second-order valence-electron chi connectivity index (χ2n) is 6.67. The van der Waals surface area contributed by atoms with E-state index >= 15 is 0 Å². The van der Waals surface area contributed by atoms with Crippen LogP contribution in [0.4, 0.5) is 15.2 Å². The van der Waals surface area contributed by atoms with Crippen molar-refractivity contribution in [3.05, 3.63) is 70.8 Å². The molecule has 0 atom stereocenters. The van der Waals surface area contributed by atoms with Crippen LogP contribution in [-0.2, 0) is 16.0 Å². The highest BCUT2D eigenvalue weighted by molar-refractivity contribution is 7.14. The first-order chi connectivity index (χ1) is 15.0. The first-order valence-corrected chi connectivity index (χ1v) is 11.1. The van der Waals surface area contributed by atoms with E-state index < -0.39 is 0 Å². The number of rotatable bonds is 6. The molecule has 0 aliphatic heterocycles. The van der Waals surface area contributed by atoms with Gasteiger partial charge in [0.05, 0.1) is 17.8 Å². The minimum atomic E-state index is -0.300. The van der Waals surface area contributed by atoms with Crippen LogP contribution in [0.1, 0.15) is 12.6 Å². The number of carbonyl (C=O) groups excluding carboxylic acids is 2. The third kappa shape index (κ3) is 5.39. The van der Waals surface area contributed by atoms with Crippen molar-refractivity contribution in [3.63, 3.8) is 0 Å². The molecule has 31 heavy (non-hydrogen) atoms. The largest absolute Gasteiger partial charge is 0.326 e. The average molecular weight is 453 g/mol. The van der Waals surface area contributed by atoms with Crippen molar-refractivity contribution in [3.8, 4) is 21.8 Å². The van der Waals surface area contributed by atoms with E-state index in [0.717, 1.165) is 21.8 Å². The van der Waals surface area contributed by atoms with Gasteiger partial charge < -0.3 is 10.6 Å². The SMILES string of the molecule is CC(=O)Nc1ccc(-c2csc(NC(=O)Cc3csc(-c4ccc(F)cc4)n3)n2)cc1. The molecule has 0 saturated heterocycles. The molecule has 9 heteroatoms. The summed E-state index contributed by atoms with van der Waals surface area (Å²) in [5, 5.41) is 10.4. The zero-order valence-corrected chi connectivity index (χ0v) is 18.0. The molecule has 0 bridgehead atoms. The quantitative estimate of drug-likeness (QED) is 0.421. The number of aromatic nitrogens is 2. The van der Waals surface area contributed by atoms with Gasteiger partial charge in [-0.3, -0.25) is 9.59 Å². The number of nitrogens with zero attached hydrogens (tertiary/aromatic N) is 2. The van der Waals surface area contributed by atoms with Gasteiger partial charge in [0, 0.05) is 34.5 Å². The lowest BCUT2D eigenvalue weighted by atomic mass is 10.1. The van der Waals surface area contributed by atoms with Crippen LogP contribution < -0.4 is 10.6 Å². The summed E-state index contributed by atoms with van der Waals surface area (Å²) in [7, 11) is 0. The van der Waals surface area contributed by atoms with Gasteiger partial charge in [0.25, 0.3) is 0 Å². The molecule has 0 fully saturated rings. The number of thiazole rings is 2. The summed E-state index contributed by atoms with van der Waals surface area (Å²) in [6, 6.07) is 13.4. The van der Waals surface area contributed by atoms with Gasteiger partial charge in [-0.2, -0.15) is 0 Å². The molecule has 2 aromatic carbocycles. The Morgan fingerprint density at radius 2 is 1.61 bits per heavy atom. The zero-order valence-electron chi connectivity index (χ0n) is 16.4. The van der Waals surface area contributed by atoms with Crippen LogP contribution in [0.5, 0.6) is 0 Å². The molecule has 2 N–H and O–H groups in total. The monoisotopic (exact) mass is 452 g/mol. The van der Waals surface area contributed by atoms with E-state index in [9.17, 15) is 14.0 Å². The number of benzene rings is 2. The van der Waals surface area contributed by atoms with Crippen molar-refractivity contribution >= 4 is 45.3 Å². The van der Waals surface area contributed by atoms with Gasteiger partial charge in [0.2, 0.25) is 11.8 Å². The lowest BCUT2D eigenvalue weighted by Gasteiger charge is -2.03. The number of hydrogen-bond donors (Lipinski definition) is 2. The van der Waals surface area contributed by atoms with Crippen LogP contribution in [0.3, 0.4) is 0 Å². The van der Waals surface area contributed by atoms with Crippen molar-refractivity contribution in [1.82, 2.24) is 9.97 Å². The number of nitrogens with one attached hydrogen (secondary N) is 2. The van der Waals surface area contributed by atoms with Gasteiger partial charge in [-0.1, -0.05) is 12.1 Å². The van der Waals surface area contributed by atoms with Gasteiger partial charge in [0.15, 0.2) is 5.13 Å². The van der Waals surface area contributed by atoms with E-state index in [0.29, 0.717) is 16.5 Å². The first kappa shape index (κ1) is 20.8. The van der Waals surface area contributed by atoms with E-state index in [4.69, 9.17) is 0 Å². The summed E-state index contributed by atoms with van der Waals surface area (Å²) in [4.78, 5) is 32.4. The van der Waals surface area contributed by atoms with Gasteiger partial charge >= 0.3 is 0 Å². The molecular weight excluding hydrogens is 435 g/mol. The molecule has 2 amide bonds. The summed E-state index contributed by atoms with van der Waals surface area (Å²) in [6.07, 6.45) is 0.123. The maximum Gasteiger partial charge on any atom is 0.232 e. The smallest absolute Gasteiger partial charge is 0.232 e. The molecule has 0 unspecified atom stereocenters. The van der Waals surface area contributed by atoms with Gasteiger partial charge in [-0.05, 0) is 36.4 Å². The Hall–Kier alpha value is -3.43. The fraction of sp³-hybridized carbons (Fsp3) is 0.0909. The molecule has 0 saturated carbocycles. The molecule has 4 aromatic rings. The van der Waals surface area contributed by atoms with Gasteiger partial charge in [-0.25, -0.2) is 14.4 Å². The van der Waals surface area contributed by atoms with E-state index in [1.165, 1.54) is 41.7 Å². The summed E-state index contributed by atoms with van der Waals surface area (Å²) in [5.74, 6) is -0.638. The van der Waals surface area contributed by atoms with E-state index in [1.807, 2.05) is 22.9 Å². The van der Waals surface area contributed by atoms with Gasteiger partial charge in [-0.15, -0.1) is 22.7 Å². The van der Waals surface area contributed by atoms with Crippen LogP contribution >= 0.6 is 22.7 Å². The van der Waals surface area contributed by atoms with Crippen LogP contribution in [-0.4, -0.2) is 21.8 Å². The Balaban J connectivity index is 1.37. The summed E-state index contributed by atoms with van der Waals surface area (Å²) < 4.78 is 13.1. The number of amides is 2. The molecule has 0 aliphatic carbocycles. The Labute approximate surface area is 185 Å². The third-order valence-electron chi connectivity index (χ3n) is 4.24. The molecule has 0 spiro atoms. The van der Waals surface area contributed by atoms with Crippen molar-refractivity contribution < 1.29 is 14.0 Å². The fourth-order valence-corrected chi connectivity index (χ4v) is 4.39. The Morgan fingerprint density at radius 1 is 0.903 bits per heavy atom. The molecule has 2 heterocycles. The molecule has 4 rings (SSSR count). The van der Waals surface area contributed by atoms with Gasteiger partial charge in [0.1, 0.15) is 10.8 Å². The topological polar surface area (TPSA) is 84.0 Å². The number of halogens is 1. The molecular formula is C22H17FN4O2S2. The first-order valence-electron chi connectivity index (χ1n) is 9.30. The highest BCUT2D eigenvalue weighted by atomic mass is 32.1. The van der Waals surface area contributed by atoms with Crippen molar-refractivity contribution in [2.75, 3.05) is 10.6 Å². The fourth-order valence-electron chi connectivity index (χ4n) is 2.83. The number of anilines is 2. The van der Waals surface area contributed by atoms with Crippen LogP contribution in [0.25, 0.3) is 21.8 Å². The maximum absolute atomic E-state index is 13.1. The molecule has 156 valence electrons. The minimum Gasteiger partial charge on any atom is -0.326 e. The predicted octanol–water partition coefficient (Wildman–Crippen LogP) is 5.21. The summed E-state index contributed by atoms with van der Waals surface area (Å²) in [5.41, 5.74) is 3.79.